The second-order valence-electron chi connectivity index (χ2n) is 4.87. The van der Waals surface area contributed by atoms with Crippen LogP contribution in [0.1, 0.15) is 26.7 Å². The average Bonchev–Trinajstić information content (AvgIpc) is 2.41. The number of nitrogens with one attached hydrogen (secondary N) is 1. The largest absolute Gasteiger partial charge is 0.468 e. The second-order valence-corrected chi connectivity index (χ2v) is 5.67. The van der Waals surface area contributed by atoms with Crippen LogP contribution < -0.4 is 10.9 Å². The van der Waals surface area contributed by atoms with Crippen molar-refractivity contribution in [1.29, 1.82) is 0 Å². The van der Waals surface area contributed by atoms with E-state index in [0.717, 1.165) is 24.1 Å². The lowest BCUT2D eigenvalue weighted by Gasteiger charge is -2.10. The SMILES string of the molecule is COC(=O)Cn1ncc(NCCCC(C)C)c(Br)c1=O. The average molecular weight is 346 g/mol. The normalized spacial score (nSPS) is 10.7. The zero-order chi connectivity index (χ0) is 15.1. The van der Waals surface area contributed by atoms with Gasteiger partial charge in [-0.2, -0.15) is 5.10 Å². The van der Waals surface area contributed by atoms with Gasteiger partial charge in [0.2, 0.25) is 0 Å². The Labute approximate surface area is 126 Å². The Bertz CT molecular complexity index is 514. The topological polar surface area (TPSA) is 73.2 Å². The van der Waals surface area contributed by atoms with Crippen LogP contribution in [0.5, 0.6) is 0 Å². The first-order chi connectivity index (χ1) is 9.45. The van der Waals surface area contributed by atoms with Gasteiger partial charge < -0.3 is 10.1 Å². The Morgan fingerprint density at radius 2 is 2.25 bits per heavy atom. The first-order valence-electron chi connectivity index (χ1n) is 6.52. The molecule has 0 aliphatic heterocycles. The summed E-state index contributed by atoms with van der Waals surface area (Å²) in [5.74, 6) is 0.149. The van der Waals surface area contributed by atoms with E-state index in [9.17, 15) is 9.59 Å². The van der Waals surface area contributed by atoms with Gasteiger partial charge in [0.1, 0.15) is 11.0 Å². The number of esters is 1. The summed E-state index contributed by atoms with van der Waals surface area (Å²) < 4.78 is 5.95. The molecule has 1 aromatic heterocycles. The van der Waals surface area contributed by atoms with Crippen molar-refractivity contribution < 1.29 is 9.53 Å². The summed E-state index contributed by atoms with van der Waals surface area (Å²) in [4.78, 5) is 23.1. The number of ether oxygens (including phenoxy) is 1. The summed E-state index contributed by atoms with van der Waals surface area (Å²) >= 11 is 3.24. The summed E-state index contributed by atoms with van der Waals surface area (Å²) in [6.07, 6.45) is 3.68. The summed E-state index contributed by atoms with van der Waals surface area (Å²) in [5.41, 5.74) is 0.282. The van der Waals surface area contributed by atoms with Crippen LogP contribution in [0.25, 0.3) is 0 Å². The molecule has 1 heterocycles. The van der Waals surface area contributed by atoms with Gasteiger partial charge in [-0.3, -0.25) is 9.59 Å². The summed E-state index contributed by atoms with van der Waals surface area (Å²) in [6, 6.07) is 0. The molecule has 0 unspecified atom stereocenters. The van der Waals surface area contributed by atoms with E-state index in [0.29, 0.717) is 16.1 Å². The molecule has 0 atom stereocenters. The van der Waals surface area contributed by atoms with Gasteiger partial charge >= 0.3 is 5.97 Å². The van der Waals surface area contributed by atoms with Crippen LogP contribution >= 0.6 is 15.9 Å². The molecule has 0 aliphatic rings. The number of hydrogen-bond acceptors (Lipinski definition) is 5. The number of carbonyl (C=O) groups is 1. The molecular weight excluding hydrogens is 326 g/mol. The summed E-state index contributed by atoms with van der Waals surface area (Å²) in [5, 5.41) is 7.12. The zero-order valence-electron chi connectivity index (χ0n) is 12.0. The number of carbonyl (C=O) groups excluding carboxylic acids is 1. The van der Waals surface area contributed by atoms with E-state index in [1.54, 1.807) is 0 Å². The molecule has 0 bridgehead atoms. The Kier molecular flexibility index (Phi) is 6.70. The van der Waals surface area contributed by atoms with E-state index < -0.39 is 5.97 Å². The maximum absolute atomic E-state index is 12.0. The van der Waals surface area contributed by atoms with E-state index >= 15 is 0 Å². The molecule has 0 aliphatic carbocycles. The fourth-order valence-electron chi connectivity index (χ4n) is 1.62. The van der Waals surface area contributed by atoms with Gasteiger partial charge in [-0.05, 0) is 34.7 Å². The zero-order valence-corrected chi connectivity index (χ0v) is 13.6. The number of aromatic nitrogens is 2. The lowest BCUT2D eigenvalue weighted by molar-refractivity contribution is -0.141. The number of nitrogens with zero attached hydrogens (tertiary/aromatic N) is 2. The standard InChI is InChI=1S/C13H20BrN3O3/c1-9(2)5-4-6-15-10-7-16-17(8-11(18)20-3)13(19)12(10)14/h7,9,15H,4-6,8H2,1-3H3. The van der Waals surface area contributed by atoms with Gasteiger partial charge in [-0.1, -0.05) is 13.8 Å². The number of halogens is 1. The van der Waals surface area contributed by atoms with Gasteiger partial charge in [0.05, 0.1) is 19.0 Å². The first-order valence-corrected chi connectivity index (χ1v) is 7.31. The molecule has 0 radical (unpaired) electrons. The molecule has 112 valence electrons. The molecule has 20 heavy (non-hydrogen) atoms. The van der Waals surface area contributed by atoms with Crippen molar-refractivity contribution in [2.75, 3.05) is 19.0 Å². The molecule has 0 amide bonds. The van der Waals surface area contributed by atoms with Crippen molar-refractivity contribution in [1.82, 2.24) is 9.78 Å². The van der Waals surface area contributed by atoms with Crippen LogP contribution in [-0.2, 0) is 16.1 Å². The highest BCUT2D eigenvalue weighted by Gasteiger charge is 2.11. The minimum Gasteiger partial charge on any atom is -0.468 e. The van der Waals surface area contributed by atoms with Gasteiger partial charge in [0, 0.05) is 6.54 Å². The van der Waals surface area contributed by atoms with E-state index in [2.05, 4.69) is 44.9 Å². The van der Waals surface area contributed by atoms with Crippen molar-refractivity contribution in [2.45, 2.75) is 33.2 Å². The van der Waals surface area contributed by atoms with E-state index in [4.69, 9.17) is 0 Å². The number of methoxy groups -OCH3 is 1. The fourth-order valence-corrected chi connectivity index (χ4v) is 2.07. The molecule has 1 rings (SSSR count). The van der Waals surface area contributed by atoms with Gasteiger partial charge in [-0.15, -0.1) is 0 Å². The molecule has 0 spiro atoms. The first kappa shape index (κ1) is 16.7. The molecule has 0 saturated carbocycles. The Balaban J connectivity index is 2.69. The molecule has 1 N–H and O–H groups in total. The maximum atomic E-state index is 12.0. The van der Waals surface area contributed by atoms with Gasteiger partial charge in [0.25, 0.3) is 5.56 Å². The molecule has 0 aromatic carbocycles. The van der Waals surface area contributed by atoms with Crippen molar-refractivity contribution in [3.63, 3.8) is 0 Å². The van der Waals surface area contributed by atoms with Crippen LogP contribution in [0.3, 0.4) is 0 Å². The summed E-state index contributed by atoms with van der Waals surface area (Å²) in [6.45, 7) is 4.93. The monoisotopic (exact) mass is 345 g/mol. The Morgan fingerprint density at radius 1 is 1.55 bits per heavy atom. The summed E-state index contributed by atoms with van der Waals surface area (Å²) in [7, 11) is 1.27. The molecule has 7 heteroatoms. The van der Waals surface area contributed by atoms with Crippen LogP contribution in [0.2, 0.25) is 0 Å². The Morgan fingerprint density at radius 3 is 2.85 bits per heavy atom. The number of anilines is 1. The second kappa shape index (κ2) is 8.04. The number of hydrogen-bond donors (Lipinski definition) is 1. The van der Waals surface area contributed by atoms with Gasteiger partial charge in [-0.25, -0.2) is 4.68 Å². The highest BCUT2D eigenvalue weighted by atomic mass is 79.9. The third-order valence-corrected chi connectivity index (χ3v) is 3.53. The molecule has 0 saturated heterocycles. The van der Waals surface area contributed by atoms with Crippen molar-refractivity contribution in [3.8, 4) is 0 Å². The fraction of sp³-hybridized carbons (Fsp3) is 0.615. The predicted molar refractivity (Wildman–Crippen MR) is 80.8 cm³/mol. The maximum Gasteiger partial charge on any atom is 0.327 e. The number of rotatable bonds is 7. The van der Waals surface area contributed by atoms with Crippen molar-refractivity contribution >= 4 is 27.6 Å². The lowest BCUT2D eigenvalue weighted by Crippen LogP contribution is -2.28. The van der Waals surface area contributed by atoms with E-state index in [-0.39, 0.29) is 12.1 Å². The van der Waals surface area contributed by atoms with Crippen LogP contribution in [0.4, 0.5) is 5.69 Å². The van der Waals surface area contributed by atoms with E-state index in [1.165, 1.54) is 13.3 Å². The van der Waals surface area contributed by atoms with Crippen molar-refractivity contribution in [2.24, 2.45) is 5.92 Å². The predicted octanol–water partition coefficient (Wildman–Crippen LogP) is 2.03. The molecule has 0 fully saturated rings. The van der Waals surface area contributed by atoms with Crippen LogP contribution in [0.15, 0.2) is 15.5 Å². The molecule has 6 nitrogen and oxygen atoms in total. The highest BCUT2D eigenvalue weighted by molar-refractivity contribution is 9.10. The lowest BCUT2D eigenvalue weighted by atomic mass is 10.1. The smallest absolute Gasteiger partial charge is 0.327 e. The third-order valence-electron chi connectivity index (χ3n) is 2.77. The molecule has 1 aromatic rings. The van der Waals surface area contributed by atoms with Crippen LogP contribution in [-0.4, -0.2) is 29.4 Å². The minimum atomic E-state index is -0.510. The highest BCUT2D eigenvalue weighted by Crippen LogP contribution is 2.16. The molecular formula is C13H20BrN3O3. The Hall–Kier alpha value is -1.37. The van der Waals surface area contributed by atoms with E-state index in [1.807, 2.05) is 0 Å². The minimum absolute atomic E-state index is 0.193. The van der Waals surface area contributed by atoms with Crippen LogP contribution in [0, 0.1) is 5.92 Å². The quantitative estimate of drug-likeness (QED) is 0.604. The van der Waals surface area contributed by atoms with Gasteiger partial charge in [0.15, 0.2) is 0 Å². The van der Waals surface area contributed by atoms with Crippen molar-refractivity contribution in [3.05, 3.63) is 21.0 Å². The third kappa shape index (κ3) is 4.96.